The number of hydrogen-bond acceptors (Lipinski definition) is 2. The molecule has 1 aromatic rings. The minimum absolute atomic E-state index is 0.00390. The quantitative estimate of drug-likeness (QED) is 0.872. The summed E-state index contributed by atoms with van der Waals surface area (Å²) in [6, 6.07) is 7.39. The fourth-order valence-corrected chi connectivity index (χ4v) is 2.79. The zero-order valence-corrected chi connectivity index (χ0v) is 13.1. The number of carboxylic acid groups (broad SMARTS) is 2. The number of hydrogen-bond donors (Lipinski definition) is 2. The van der Waals surface area contributed by atoms with Crippen LogP contribution >= 0.6 is 15.9 Å². The van der Waals surface area contributed by atoms with E-state index in [4.69, 9.17) is 5.11 Å². The number of rotatable bonds is 4. The van der Waals surface area contributed by atoms with Gasteiger partial charge in [-0.2, -0.15) is 0 Å². The zero-order chi connectivity index (χ0) is 15.6. The molecule has 1 unspecified atom stereocenters. The van der Waals surface area contributed by atoms with Gasteiger partial charge >= 0.3 is 11.9 Å². The number of allylic oxidation sites excluding steroid dienone is 2. The molecule has 0 aromatic heterocycles. The molecule has 1 aliphatic rings. The van der Waals surface area contributed by atoms with Crippen LogP contribution in [0.2, 0.25) is 0 Å². The van der Waals surface area contributed by atoms with Crippen molar-refractivity contribution in [1.29, 1.82) is 0 Å². The van der Waals surface area contributed by atoms with Crippen LogP contribution in [0.4, 0.5) is 0 Å². The summed E-state index contributed by atoms with van der Waals surface area (Å²) < 4.78 is 0.914. The van der Waals surface area contributed by atoms with E-state index in [1.807, 2.05) is 24.3 Å². The lowest BCUT2D eigenvalue weighted by atomic mass is 9.69. The molecule has 0 aliphatic heterocycles. The largest absolute Gasteiger partial charge is 0.481 e. The molecule has 1 atom stereocenters. The molecule has 0 fully saturated rings. The van der Waals surface area contributed by atoms with Gasteiger partial charge in [0.2, 0.25) is 0 Å². The van der Waals surface area contributed by atoms with Gasteiger partial charge in [0.25, 0.3) is 0 Å². The third-order valence-electron chi connectivity index (χ3n) is 3.88. The molecule has 110 valence electrons. The molecule has 0 amide bonds. The van der Waals surface area contributed by atoms with Crippen LogP contribution in [0.25, 0.3) is 0 Å². The number of benzene rings is 1. The lowest BCUT2D eigenvalue weighted by Crippen LogP contribution is -2.37. The Labute approximate surface area is 130 Å². The van der Waals surface area contributed by atoms with Gasteiger partial charge in [0.15, 0.2) is 0 Å². The molecule has 5 heteroatoms. The average Bonchev–Trinajstić information content (AvgIpc) is 2.43. The topological polar surface area (TPSA) is 74.6 Å². The van der Waals surface area contributed by atoms with Crippen molar-refractivity contribution in [3.8, 4) is 0 Å². The van der Waals surface area contributed by atoms with Crippen molar-refractivity contribution in [3.05, 3.63) is 57.6 Å². The van der Waals surface area contributed by atoms with E-state index in [1.165, 1.54) is 6.08 Å². The Kier molecular flexibility index (Phi) is 4.32. The predicted octanol–water partition coefficient (Wildman–Crippen LogP) is 3.42. The molecule has 1 aliphatic carbocycles. The van der Waals surface area contributed by atoms with Crippen LogP contribution < -0.4 is 0 Å². The standard InChI is InChI=1S/C16H15BrO4/c1-10-2-5-12(14(18)19)9-16(10,15(20)21)8-11-3-6-13(17)7-4-11/h2-7H,8-9H2,1H3,(H,18,19)(H,20,21). The monoisotopic (exact) mass is 350 g/mol. The van der Waals surface area contributed by atoms with Gasteiger partial charge in [-0.25, -0.2) is 4.79 Å². The van der Waals surface area contributed by atoms with Crippen LogP contribution in [-0.4, -0.2) is 22.2 Å². The molecule has 4 nitrogen and oxygen atoms in total. The number of carboxylic acids is 2. The Hall–Kier alpha value is -1.88. The van der Waals surface area contributed by atoms with Crippen molar-refractivity contribution in [2.75, 3.05) is 0 Å². The van der Waals surface area contributed by atoms with Crippen LogP contribution in [0.5, 0.6) is 0 Å². The summed E-state index contributed by atoms with van der Waals surface area (Å²) in [7, 11) is 0. The van der Waals surface area contributed by atoms with E-state index in [0.29, 0.717) is 5.57 Å². The first-order valence-corrected chi connectivity index (χ1v) is 7.23. The first-order valence-electron chi connectivity index (χ1n) is 6.44. The minimum atomic E-state index is -1.20. The summed E-state index contributed by atoms with van der Waals surface area (Å²) in [6.45, 7) is 1.74. The van der Waals surface area contributed by atoms with Crippen LogP contribution in [-0.2, 0) is 16.0 Å². The SMILES string of the molecule is CC1=CC=C(C(=O)O)CC1(Cc1ccc(Br)cc1)C(=O)O. The second kappa shape index (κ2) is 5.85. The van der Waals surface area contributed by atoms with Crippen molar-refractivity contribution in [2.24, 2.45) is 5.41 Å². The maximum absolute atomic E-state index is 11.9. The molecule has 2 rings (SSSR count). The van der Waals surface area contributed by atoms with Crippen molar-refractivity contribution >= 4 is 27.9 Å². The lowest BCUT2D eigenvalue weighted by Gasteiger charge is -2.33. The Bertz CT molecular complexity index is 643. The van der Waals surface area contributed by atoms with Crippen molar-refractivity contribution in [1.82, 2.24) is 0 Å². The zero-order valence-electron chi connectivity index (χ0n) is 11.5. The Morgan fingerprint density at radius 3 is 2.33 bits per heavy atom. The Morgan fingerprint density at radius 1 is 1.19 bits per heavy atom. The van der Waals surface area contributed by atoms with E-state index in [1.54, 1.807) is 13.0 Å². The van der Waals surface area contributed by atoms with Crippen LogP contribution in [0.3, 0.4) is 0 Å². The van der Waals surface area contributed by atoms with Crippen LogP contribution in [0.1, 0.15) is 18.9 Å². The molecular formula is C16H15BrO4. The van der Waals surface area contributed by atoms with E-state index in [2.05, 4.69) is 15.9 Å². The van der Waals surface area contributed by atoms with E-state index in [-0.39, 0.29) is 18.4 Å². The molecule has 0 radical (unpaired) electrons. The number of halogens is 1. The fourth-order valence-electron chi connectivity index (χ4n) is 2.53. The van der Waals surface area contributed by atoms with Gasteiger partial charge in [-0.1, -0.05) is 45.8 Å². The summed E-state index contributed by atoms with van der Waals surface area (Å²) >= 11 is 3.34. The van der Waals surface area contributed by atoms with Gasteiger partial charge in [0.1, 0.15) is 0 Å². The van der Waals surface area contributed by atoms with Crippen LogP contribution in [0.15, 0.2) is 52.0 Å². The Morgan fingerprint density at radius 2 is 1.81 bits per heavy atom. The first kappa shape index (κ1) is 15.5. The minimum Gasteiger partial charge on any atom is -0.481 e. The van der Waals surface area contributed by atoms with E-state index >= 15 is 0 Å². The molecule has 1 aromatic carbocycles. The number of aliphatic carboxylic acids is 2. The lowest BCUT2D eigenvalue weighted by molar-refractivity contribution is -0.146. The highest BCUT2D eigenvalue weighted by Gasteiger charge is 2.43. The summed E-state index contributed by atoms with van der Waals surface area (Å²) in [4.78, 5) is 23.0. The summed E-state index contributed by atoms with van der Waals surface area (Å²) in [6.07, 6.45) is 3.35. The average molecular weight is 351 g/mol. The highest BCUT2D eigenvalue weighted by Crippen LogP contribution is 2.41. The van der Waals surface area contributed by atoms with Crippen molar-refractivity contribution < 1.29 is 19.8 Å². The highest BCUT2D eigenvalue weighted by atomic mass is 79.9. The molecule has 0 saturated heterocycles. The van der Waals surface area contributed by atoms with E-state index < -0.39 is 17.4 Å². The van der Waals surface area contributed by atoms with E-state index in [0.717, 1.165) is 10.0 Å². The predicted molar refractivity (Wildman–Crippen MR) is 82.0 cm³/mol. The van der Waals surface area contributed by atoms with Crippen molar-refractivity contribution in [2.45, 2.75) is 19.8 Å². The van der Waals surface area contributed by atoms with Gasteiger partial charge in [-0.3, -0.25) is 4.79 Å². The molecule has 21 heavy (non-hydrogen) atoms. The van der Waals surface area contributed by atoms with Gasteiger partial charge < -0.3 is 10.2 Å². The van der Waals surface area contributed by atoms with Gasteiger partial charge in [0.05, 0.1) is 5.41 Å². The Balaban J connectivity index is 2.40. The normalized spacial score (nSPS) is 21.4. The second-order valence-corrected chi connectivity index (χ2v) is 6.13. The maximum Gasteiger partial charge on any atom is 0.331 e. The maximum atomic E-state index is 11.9. The van der Waals surface area contributed by atoms with Gasteiger partial charge in [-0.15, -0.1) is 0 Å². The smallest absolute Gasteiger partial charge is 0.331 e. The van der Waals surface area contributed by atoms with E-state index in [9.17, 15) is 14.7 Å². The fraction of sp³-hybridized carbons (Fsp3) is 0.250. The molecule has 2 N–H and O–H groups in total. The highest BCUT2D eigenvalue weighted by molar-refractivity contribution is 9.10. The van der Waals surface area contributed by atoms with Gasteiger partial charge in [0, 0.05) is 10.0 Å². The van der Waals surface area contributed by atoms with Crippen LogP contribution in [0, 0.1) is 5.41 Å². The summed E-state index contributed by atoms with van der Waals surface area (Å²) in [5.41, 5.74) is 0.457. The molecule has 0 spiro atoms. The first-order chi connectivity index (χ1) is 9.85. The summed E-state index contributed by atoms with van der Waals surface area (Å²) in [5, 5.41) is 18.8. The molecule has 0 bridgehead atoms. The van der Waals surface area contributed by atoms with Gasteiger partial charge in [-0.05, 0) is 37.5 Å². The van der Waals surface area contributed by atoms with Crippen molar-refractivity contribution in [3.63, 3.8) is 0 Å². The molecule has 0 heterocycles. The molecule has 0 saturated carbocycles. The third kappa shape index (κ3) is 3.08. The summed E-state index contributed by atoms with van der Waals surface area (Å²) in [5.74, 6) is -2.06. The third-order valence-corrected chi connectivity index (χ3v) is 4.41. The number of carbonyl (C=O) groups is 2. The second-order valence-electron chi connectivity index (χ2n) is 5.21. The molecular weight excluding hydrogens is 336 g/mol.